The molecule has 0 bridgehead atoms. The van der Waals surface area contributed by atoms with Gasteiger partial charge in [-0.3, -0.25) is 0 Å². The summed E-state index contributed by atoms with van der Waals surface area (Å²) < 4.78 is 18.0. The van der Waals surface area contributed by atoms with E-state index >= 15 is 0 Å². The van der Waals surface area contributed by atoms with E-state index in [0.717, 1.165) is 5.56 Å². The minimum Gasteiger partial charge on any atom is -0.494 e. The molecule has 0 fully saturated rings. The predicted octanol–water partition coefficient (Wildman–Crippen LogP) is 2.21. The number of nitriles is 1. The van der Waals surface area contributed by atoms with Crippen molar-refractivity contribution in [2.75, 3.05) is 7.11 Å². The Kier molecular flexibility index (Phi) is 2.86. The average molecular weight is 179 g/mol. The summed E-state index contributed by atoms with van der Waals surface area (Å²) in [7, 11) is 1.41. The van der Waals surface area contributed by atoms with Gasteiger partial charge in [-0.2, -0.15) is 5.26 Å². The van der Waals surface area contributed by atoms with Crippen LogP contribution in [-0.2, 0) is 6.42 Å². The van der Waals surface area contributed by atoms with Crippen LogP contribution in [0.4, 0.5) is 4.39 Å². The molecule has 2 nitrogen and oxygen atoms in total. The topological polar surface area (TPSA) is 33.0 Å². The van der Waals surface area contributed by atoms with Crippen LogP contribution in [0.5, 0.6) is 5.75 Å². The summed E-state index contributed by atoms with van der Waals surface area (Å²) in [5.74, 6) is -0.158. The Balaban J connectivity index is 3.16. The number of aryl methyl sites for hydroxylation is 1. The zero-order valence-electron chi connectivity index (χ0n) is 7.60. The number of halogens is 1. The Bertz CT molecular complexity index is 355. The highest BCUT2D eigenvalue weighted by Gasteiger charge is 2.07. The molecule has 0 saturated heterocycles. The van der Waals surface area contributed by atoms with Gasteiger partial charge in [0.05, 0.1) is 19.6 Å². The highest BCUT2D eigenvalue weighted by atomic mass is 19.1. The normalized spacial score (nSPS) is 9.38. The average Bonchev–Trinajstić information content (AvgIpc) is 2.11. The Morgan fingerprint density at radius 3 is 2.77 bits per heavy atom. The summed E-state index contributed by atoms with van der Waals surface area (Å²) in [5, 5.41) is 8.46. The largest absolute Gasteiger partial charge is 0.494 e. The van der Waals surface area contributed by atoms with Crippen molar-refractivity contribution in [1.82, 2.24) is 0 Å². The van der Waals surface area contributed by atoms with Gasteiger partial charge in [0.2, 0.25) is 0 Å². The second-order valence-corrected chi connectivity index (χ2v) is 2.76. The second kappa shape index (κ2) is 3.90. The molecule has 0 spiro atoms. The van der Waals surface area contributed by atoms with E-state index < -0.39 is 0 Å². The van der Waals surface area contributed by atoms with E-state index in [2.05, 4.69) is 0 Å². The smallest absolute Gasteiger partial charge is 0.167 e. The maximum Gasteiger partial charge on any atom is 0.167 e. The molecule has 1 rings (SSSR count). The molecule has 0 amide bonds. The molecule has 0 aromatic heterocycles. The van der Waals surface area contributed by atoms with Crippen molar-refractivity contribution in [3.8, 4) is 11.8 Å². The van der Waals surface area contributed by atoms with Gasteiger partial charge in [-0.05, 0) is 24.1 Å². The quantitative estimate of drug-likeness (QED) is 0.697. The van der Waals surface area contributed by atoms with E-state index in [4.69, 9.17) is 10.00 Å². The minimum atomic E-state index is -0.357. The second-order valence-electron chi connectivity index (χ2n) is 2.76. The van der Waals surface area contributed by atoms with Crippen LogP contribution in [0, 0.1) is 24.1 Å². The van der Waals surface area contributed by atoms with Crippen molar-refractivity contribution in [1.29, 1.82) is 5.26 Å². The lowest BCUT2D eigenvalue weighted by atomic mass is 10.1. The van der Waals surface area contributed by atoms with Crippen LogP contribution in [0.15, 0.2) is 12.1 Å². The van der Waals surface area contributed by atoms with Crippen molar-refractivity contribution >= 4 is 0 Å². The highest BCUT2D eigenvalue weighted by Crippen LogP contribution is 2.22. The van der Waals surface area contributed by atoms with E-state index in [1.807, 2.05) is 6.07 Å². The first-order valence-electron chi connectivity index (χ1n) is 3.89. The lowest BCUT2D eigenvalue weighted by Crippen LogP contribution is -1.94. The van der Waals surface area contributed by atoms with Gasteiger partial charge in [-0.25, -0.2) is 4.39 Å². The number of hydrogen-bond donors (Lipinski definition) is 0. The summed E-state index contributed by atoms with van der Waals surface area (Å²) in [6.45, 7) is 1.65. The van der Waals surface area contributed by atoms with Gasteiger partial charge in [0.25, 0.3) is 0 Å². The third kappa shape index (κ3) is 1.97. The molecule has 3 heteroatoms. The van der Waals surface area contributed by atoms with E-state index in [1.54, 1.807) is 19.1 Å². The minimum absolute atomic E-state index is 0.199. The number of methoxy groups -OCH3 is 1. The van der Waals surface area contributed by atoms with Gasteiger partial charge in [0, 0.05) is 0 Å². The van der Waals surface area contributed by atoms with E-state index in [-0.39, 0.29) is 18.0 Å². The summed E-state index contributed by atoms with van der Waals surface area (Å²) >= 11 is 0. The molecule has 1 aromatic carbocycles. The molecular weight excluding hydrogens is 169 g/mol. The van der Waals surface area contributed by atoms with E-state index in [1.165, 1.54) is 7.11 Å². The van der Waals surface area contributed by atoms with Crippen molar-refractivity contribution < 1.29 is 9.13 Å². The zero-order valence-corrected chi connectivity index (χ0v) is 7.60. The molecule has 0 atom stereocenters. The highest BCUT2D eigenvalue weighted by molar-refractivity contribution is 5.36. The molecule has 1 aromatic rings. The molecule has 68 valence electrons. The van der Waals surface area contributed by atoms with Crippen molar-refractivity contribution in [3.05, 3.63) is 29.1 Å². The van der Waals surface area contributed by atoms with Crippen LogP contribution < -0.4 is 4.74 Å². The van der Waals surface area contributed by atoms with E-state index in [0.29, 0.717) is 5.56 Å². The van der Waals surface area contributed by atoms with Crippen LogP contribution in [0.25, 0.3) is 0 Å². The van der Waals surface area contributed by atoms with Gasteiger partial charge >= 0.3 is 0 Å². The maximum atomic E-state index is 13.2. The third-order valence-corrected chi connectivity index (χ3v) is 1.78. The Morgan fingerprint density at radius 2 is 2.23 bits per heavy atom. The summed E-state index contributed by atoms with van der Waals surface area (Å²) in [4.78, 5) is 0. The molecule has 0 radical (unpaired) electrons. The first kappa shape index (κ1) is 9.53. The van der Waals surface area contributed by atoms with Crippen molar-refractivity contribution in [2.45, 2.75) is 13.3 Å². The van der Waals surface area contributed by atoms with Crippen LogP contribution in [0.3, 0.4) is 0 Å². The fourth-order valence-corrected chi connectivity index (χ4v) is 1.15. The molecule has 0 saturated carbocycles. The van der Waals surface area contributed by atoms with Gasteiger partial charge in [-0.1, -0.05) is 6.07 Å². The fraction of sp³-hybridized carbons (Fsp3) is 0.300. The number of nitrogens with zero attached hydrogens (tertiary/aromatic N) is 1. The Morgan fingerprint density at radius 1 is 1.54 bits per heavy atom. The van der Waals surface area contributed by atoms with Gasteiger partial charge in [-0.15, -0.1) is 0 Å². The summed E-state index contributed by atoms with van der Waals surface area (Å²) in [6, 6.07) is 5.20. The Hall–Kier alpha value is -1.56. The molecule has 0 heterocycles. The standard InChI is InChI=1S/C10H10FNO/c1-7-5-8(3-4-12)6-9(13-2)10(7)11/h5-6H,3H2,1-2H3. The van der Waals surface area contributed by atoms with Crippen LogP contribution in [0.1, 0.15) is 11.1 Å². The summed E-state index contributed by atoms with van der Waals surface area (Å²) in [6.07, 6.45) is 0.275. The number of ether oxygens (including phenoxy) is 1. The van der Waals surface area contributed by atoms with Crippen molar-refractivity contribution in [3.63, 3.8) is 0 Å². The molecule has 0 aliphatic carbocycles. The van der Waals surface area contributed by atoms with Crippen LogP contribution in [-0.4, -0.2) is 7.11 Å². The van der Waals surface area contributed by atoms with E-state index in [9.17, 15) is 4.39 Å². The van der Waals surface area contributed by atoms with Gasteiger partial charge < -0.3 is 4.74 Å². The van der Waals surface area contributed by atoms with Gasteiger partial charge in [0.1, 0.15) is 0 Å². The van der Waals surface area contributed by atoms with Crippen molar-refractivity contribution in [2.24, 2.45) is 0 Å². The predicted molar refractivity (Wildman–Crippen MR) is 47.0 cm³/mol. The first-order valence-corrected chi connectivity index (χ1v) is 3.89. The zero-order chi connectivity index (χ0) is 9.84. The van der Waals surface area contributed by atoms with Gasteiger partial charge in [0.15, 0.2) is 11.6 Å². The lowest BCUT2D eigenvalue weighted by molar-refractivity contribution is 0.384. The molecule has 0 aliphatic rings. The first-order chi connectivity index (χ1) is 6.19. The monoisotopic (exact) mass is 179 g/mol. The summed E-state index contributed by atoms with van der Waals surface area (Å²) in [5.41, 5.74) is 1.28. The fourth-order valence-electron chi connectivity index (χ4n) is 1.15. The number of rotatable bonds is 2. The lowest BCUT2D eigenvalue weighted by Gasteiger charge is -2.06. The maximum absolute atomic E-state index is 13.2. The number of hydrogen-bond acceptors (Lipinski definition) is 2. The number of benzene rings is 1. The molecule has 13 heavy (non-hydrogen) atoms. The SMILES string of the molecule is COc1cc(CC#N)cc(C)c1F. The Labute approximate surface area is 76.6 Å². The van der Waals surface area contributed by atoms with Crippen LogP contribution >= 0.6 is 0 Å². The third-order valence-electron chi connectivity index (χ3n) is 1.78. The molecule has 0 N–H and O–H groups in total. The van der Waals surface area contributed by atoms with Crippen LogP contribution in [0.2, 0.25) is 0 Å². The molecular formula is C10H10FNO. The molecule has 0 unspecified atom stereocenters. The molecule has 0 aliphatic heterocycles.